The number of hydrogen-bond donors (Lipinski definition) is 3. The third-order valence-corrected chi connectivity index (χ3v) is 6.69. The van der Waals surface area contributed by atoms with E-state index in [1.165, 1.54) is 0 Å². The minimum Gasteiger partial charge on any atom is -0.479 e. The Labute approximate surface area is 198 Å². The number of carboxylic acids is 1. The minimum atomic E-state index is -1.12. The molecule has 180 valence electrons. The number of benzene rings is 2. The van der Waals surface area contributed by atoms with E-state index in [-0.39, 0.29) is 24.4 Å². The number of rotatable bonds is 10. The first-order valence-electron chi connectivity index (χ1n) is 11.7. The number of hydrogen-bond acceptors (Lipinski definition) is 5. The predicted octanol–water partition coefficient (Wildman–Crippen LogP) is 3.85. The van der Waals surface area contributed by atoms with Crippen molar-refractivity contribution in [2.75, 3.05) is 6.61 Å². The molecule has 3 N–H and O–H groups in total. The summed E-state index contributed by atoms with van der Waals surface area (Å²) < 4.78 is 5.56. The van der Waals surface area contributed by atoms with E-state index in [0.29, 0.717) is 6.42 Å². The number of fused-ring (bicyclic) bond motifs is 3. The van der Waals surface area contributed by atoms with Crippen molar-refractivity contribution in [2.45, 2.75) is 51.2 Å². The zero-order valence-electron chi connectivity index (χ0n) is 19.3. The highest BCUT2D eigenvalue weighted by Crippen LogP contribution is 2.44. The molecule has 1 fully saturated rings. The molecular formula is C26H30N2O6. The van der Waals surface area contributed by atoms with Crippen molar-refractivity contribution in [2.24, 2.45) is 11.8 Å². The largest absolute Gasteiger partial charge is 0.479 e. The Morgan fingerprint density at radius 2 is 1.62 bits per heavy atom. The molecule has 1 unspecified atom stereocenters. The SMILES string of the molecule is CC[C@H](C)[C@H](NC(=O)OCC1c2ccccc2-c2ccccc21)C(=O)NOC(C(=O)O)C1CC1. The summed E-state index contributed by atoms with van der Waals surface area (Å²) in [6, 6.07) is 15.2. The molecule has 2 aliphatic carbocycles. The Balaban J connectivity index is 1.38. The van der Waals surface area contributed by atoms with Crippen molar-refractivity contribution in [3.63, 3.8) is 0 Å². The summed E-state index contributed by atoms with van der Waals surface area (Å²) in [4.78, 5) is 41.9. The molecule has 0 radical (unpaired) electrons. The second-order valence-corrected chi connectivity index (χ2v) is 9.01. The van der Waals surface area contributed by atoms with Crippen molar-refractivity contribution in [3.8, 4) is 11.1 Å². The Hall–Kier alpha value is -3.39. The molecule has 8 nitrogen and oxygen atoms in total. The van der Waals surface area contributed by atoms with Crippen LogP contribution in [0.2, 0.25) is 0 Å². The Kier molecular flexibility index (Phi) is 7.17. The van der Waals surface area contributed by atoms with Gasteiger partial charge in [0.15, 0.2) is 6.10 Å². The molecule has 0 aliphatic heterocycles. The monoisotopic (exact) mass is 466 g/mol. The highest BCUT2D eigenvalue weighted by Gasteiger charge is 2.39. The van der Waals surface area contributed by atoms with Gasteiger partial charge in [0.1, 0.15) is 12.6 Å². The van der Waals surface area contributed by atoms with Gasteiger partial charge in [0.25, 0.3) is 5.91 Å². The third kappa shape index (κ3) is 5.07. The maximum absolute atomic E-state index is 12.7. The van der Waals surface area contributed by atoms with Gasteiger partial charge in [-0.05, 0) is 46.9 Å². The Morgan fingerprint density at radius 1 is 1.03 bits per heavy atom. The van der Waals surface area contributed by atoms with Crippen LogP contribution in [0.3, 0.4) is 0 Å². The third-order valence-electron chi connectivity index (χ3n) is 6.69. The van der Waals surface area contributed by atoms with Gasteiger partial charge in [0.2, 0.25) is 0 Å². The summed E-state index contributed by atoms with van der Waals surface area (Å²) in [5.74, 6) is -2.13. The molecule has 0 bridgehead atoms. The molecule has 2 aliphatic rings. The van der Waals surface area contributed by atoms with Gasteiger partial charge in [-0.3, -0.25) is 9.63 Å². The fourth-order valence-electron chi connectivity index (χ4n) is 4.40. The van der Waals surface area contributed by atoms with Crippen LogP contribution < -0.4 is 10.8 Å². The summed E-state index contributed by atoms with van der Waals surface area (Å²) in [6.45, 7) is 3.85. The number of ether oxygens (including phenoxy) is 1. The molecule has 0 spiro atoms. The molecule has 34 heavy (non-hydrogen) atoms. The van der Waals surface area contributed by atoms with Gasteiger partial charge in [-0.2, -0.15) is 0 Å². The van der Waals surface area contributed by atoms with Crippen LogP contribution in [0.25, 0.3) is 11.1 Å². The van der Waals surface area contributed by atoms with Gasteiger partial charge < -0.3 is 15.2 Å². The van der Waals surface area contributed by atoms with Crippen LogP contribution in [0.4, 0.5) is 4.79 Å². The van der Waals surface area contributed by atoms with E-state index in [0.717, 1.165) is 35.1 Å². The topological polar surface area (TPSA) is 114 Å². The number of aliphatic carboxylic acids is 1. The van der Waals surface area contributed by atoms with E-state index in [4.69, 9.17) is 9.57 Å². The van der Waals surface area contributed by atoms with E-state index in [9.17, 15) is 19.5 Å². The van der Waals surface area contributed by atoms with Crippen molar-refractivity contribution in [1.82, 2.24) is 10.8 Å². The van der Waals surface area contributed by atoms with Crippen LogP contribution in [-0.2, 0) is 19.2 Å². The van der Waals surface area contributed by atoms with E-state index in [1.807, 2.05) is 50.2 Å². The fraction of sp³-hybridized carbons (Fsp3) is 0.423. The van der Waals surface area contributed by atoms with E-state index >= 15 is 0 Å². The van der Waals surface area contributed by atoms with Gasteiger partial charge in [0, 0.05) is 5.92 Å². The predicted molar refractivity (Wildman–Crippen MR) is 125 cm³/mol. The van der Waals surface area contributed by atoms with Gasteiger partial charge in [0.05, 0.1) is 0 Å². The van der Waals surface area contributed by atoms with Gasteiger partial charge in [-0.25, -0.2) is 15.1 Å². The van der Waals surface area contributed by atoms with Crippen molar-refractivity contribution in [1.29, 1.82) is 0 Å². The summed E-state index contributed by atoms with van der Waals surface area (Å²) >= 11 is 0. The van der Waals surface area contributed by atoms with Gasteiger partial charge >= 0.3 is 12.1 Å². The quantitative estimate of drug-likeness (QED) is 0.458. The molecule has 1 saturated carbocycles. The highest BCUT2D eigenvalue weighted by atomic mass is 16.7. The maximum Gasteiger partial charge on any atom is 0.407 e. The number of hydroxylamine groups is 1. The second-order valence-electron chi connectivity index (χ2n) is 9.01. The van der Waals surface area contributed by atoms with Crippen LogP contribution >= 0.6 is 0 Å². The maximum atomic E-state index is 12.7. The number of nitrogens with one attached hydrogen (secondary N) is 2. The van der Waals surface area contributed by atoms with Crippen LogP contribution in [0.5, 0.6) is 0 Å². The molecule has 3 atom stereocenters. The lowest BCUT2D eigenvalue weighted by molar-refractivity contribution is -0.163. The number of alkyl carbamates (subject to hydrolysis) is 1. The molecule has 2 aromatic rings. The average molecular weight is 467 g/mol. The summed E-state index contributed by atoms with van der Waals surface area (Å²) in [5.41, 5.74) is 6.69. The summed E-state index contributed by atoms with van der Waals surface area (Å²) in [5, 5.41) is 11.9. The van der Waals surface area contributed by atoms with Gasteiger partial charge in [-0.15, -0.1) is 0 Å². The number of amides is 2. The lowest BCUT2D eigenvalue weighted by Gasteiger charge is -2.24. The van der Waals surface area contributed by atoms with E-state index in [2.05, 4.69) is 22.9 Å². The van der Waals surface area contributed by atoms with E-state index < -0.39 is 30.1 Å². The zero-order chi connectivity index (χ0) is 24.2. The highest BCUT2D eigenvalue weighted by molar-refractivity contribution is 5.85. The zero-order valence-corrected chi connectivity index (χ0v) is 19.3. The first-order chi connectivity index (χ1) is 16.4. The number of carbonyl (C=O) groups is 3. The molecule has 0 heterocycles. The standard InChI is InChI=1S/C26H30N2O6/c1-3-15(2)22(24(29)28-34-23(25(30)31)16-12-13-16)27-26(32)33-14-21-19-10-6-4-8-17(19)18-9-5-7-11-20(18)21/h4-11,15-16,21-23H,3,12-14H2,1-2H3,(H,27,32)(H,28,29)(H,30,31)/t15-,22-,23?/m0/s1. The first-order valence-corrected chi connectivity index (χ1v) is 11.7. The molecule has 0 saturated heterocycles. The molecule has 8 heteroatoms. The smallest absolute Gasteiger partial charge is 0.407 e. The molecule has 2 amide bonds. The van der Waals surface area contributed by atoms with Crippen molar-refractivity contribution in [3.05, 3.63) is 59.7 Å². The second kappa shape index (κ2) is 10.3. The molecular weight excluding hydrogens is 436 g/mol. The van der Waals surface area contributed by atoms with E-state index in [1.54, 1.807) is 0 Å². The first kappa shape index (κ1) is 23.8. The summed E-state index contributed by atoms with van der Waals surface area (Å²) in [6.07, 6.45) is 0.321. The van der Waals surface area contributed by atoms with Crippen molar-refractivity contribution >= 4 is 18.0 Å². The fourth-order valence-corrected chi connectivity index (χ4v) is 4.40. The Bertz CT molecular complexity index is 1020. The van der Waals surface area contributed by atoms with Crippen LogP contribution in [0.1, 0.15) is 50.2 Å². The van der Waals surface area contributed by atoms with Crippen LogP contribution in [-0.4, -0.2) is 41.8 Å². The summed E-state index contributed by atoms with van der Waals surface area (Å²) in [7, 11) is 0. The molecule has 2 aromatic carbocycles. The van der Waals surface area contributed by atoms with Crippen LogP contribution in [0, 0.1) is 11.8 Å². The average Bonchev–Trinajstić information content (AvgIpc) is 3.62. The van der Waals surface area contributed by atoms with Crippen molar-refractivity contribution < 1.29 is 29.1 Å². The Morgan fingerprint density at radius 3 is 2.15 bits per heavy atom. The normalized spacial score (nSPS) is 17.1. The number of carboxylic acid groups (broad SMARTS) is 1. The van der Waals surface area contributed by atoms with Crippen LogP contribution in [0.15, 0.2) is 48.5 Å². The minimum absolute atomic E-state index is 0.0905. The lowest BCUT2D eigenvalue weighted by atomic mass is 9.98. The van der Waals surface area contributed by atoms with Gasteiger partial charge in [-0.1, -0.05) is 68.8 Å². The molecule has 0 aromatic heterocycles. The number of carbonyl (C=O) groups excluding carboxylic acids is 2. The lowest BCUT2D eigenvalue weighted by Crippen LogP contribution is -2.51. The molecule has 4 rings (SSSR count).